The molecule has 4 aromatic rings. The van der Waals surface area contributed by atoms with Crippen molar-refractivity contribution >= 4 is 29.0 Å². The molecule has 2 saturated heterocycles. The Morgan fingerprint density at radius 3 is 2.37 bits per heavy atom. The summed E-state index contributed by atoms with van der Waals surface area (Å²) in [6.07, 6.45) is -0.705. The molecule has 2 aromatic heterocycles. The zero-order valence-electron chi connectivity index (χ0n) is 22.4. The van der Waals surface area contributed by atoms with Crippen molar-refractivity contribution in [3.05, 3.63) is 94.9 Å². The summed E-state index contributed by atoms with van der Waals surface area (Å²) in [6, 6.07) is 11.3. The molecule has 2 aliphatic rings. The monoisotopic (exact) mass is 615 g/mol. The zero-order valence-corrected chi connectivity index (χ0v) is 23.2. The first-order valence-electron chi connectivity index (χ1n) is 13.4. The van der Waals surface area contributed by atoms with E-state index in [0.717, 1.165) is 24.3 Å². The first kappa shape index (κ1) is 28.8. The molecule has 2 aliphatic heterocycles. The van der Waals surface area contributed by atoms with Crippen molar-refractivity contribution in [1.82, 2.24) is 19.7 Å². The Balaban J connectivity index is 1.29. The summed E-state index contributed by atoms with van der Waals surface area (Å²) in [7, 11) is 0. The number of rotatable bonds is 4. The van der Waals surface area contributed by atoms with Gasteiger partial charge in [0.15, 0.2) is 23.1 Å². The van der Waals surface area contributed by atoms with E-state index in [2.05, 4.69) is 10.1 Å². The van der Waals surface area contributed by atoms with Crippen molar-refractivity contribution in [2.24, 2.45) is 0 Å². The molecule has 1 spiro atoms. The fraction of sp³-hybridized carbons (Fsp3) is 0.267. The number of hydrogen-bond acceptors (Lipinski definition) is 5. The molecular weight excluding hydrogens is 593 g/mol. The second-order valence-electron chi connectivity index (χ2n) is 10.5. The van der Waals surface area contributed by atoms with Crippen LogP contribution in [0.2, 0.25) is 5.02 Å². The molecule has 1 amide bonds. The lowest BCUT2D eigenvalue weighted by Crippen LogP contribution is -2.56. The molecule has 0 atom stereocenters. The second-order valence-corrected chi connectivity index (χ2v) is 10.9. The summed E-state index contributed by atoms with van der Waals surface area (Å²) >= 11 is 6.28. The summed E-state index contributed by atoms with van der Waals surface area (Å²) in [5, 5.41) is 4.24. The molecular formula is C30H23ClF5N5O2. The van der Waals surface area contributed by atoms with Gasteiger partial charge < -0.3 is 9.80 Å². The number of aromatic nitrogens is 3. The molecule has 222 valence electrons. The molecule has 7 nitrogen and oxygen atoms in total. The number of anilines is 1. The van der Waals surface area contributed by atoms with Crippen molar-refractivity contribution in [3.63, 3.8) is 0 Å². The van der Waals surface area contributed by atoms with Gasteiger partial charge in [0, 0.05) is 55.8 Å². The molecule has 2 aromatic carbocycles. The van der Waals surface area contributed by atoms with E-state index in [-0.39, 0.29) is 54.5 Å². The van der Waals surface area contributed by atoms with Crippen LogP contribution in [0.4, 0.5) is 27.6 Å². The predicted octanol–water partition coefficient (Wildman–Crippen LogP) is 6.34. The van der Waals surface area contributed by atoms with Gasteiger partial charge in [-0.25, -0.2) is 13.5 Å². The lowest BCUT2D eigenvalue weighted by molar-refractivity contribution is -0.137. The Kier molecular flexibility index (Phi) is 7.19. The molecule has 0 bridgehead atoms. The number of hydrogen-bond donors (Lipinski definition) is 0. The van der Waals surface area contributed by atoms with Crippen molar-refractivity contribution < 1.29 is 31.5 Å². The number of pyridine rings is 1. The SMILES string of the molecule is O=C(c1cc(-c2cccnc2)n(-c2ccc(C(F)(F)F)cc2Cl)n1)N1CCC2(CC1)C(=O)CCN2c1ccc(F)c(F)c1. The van der Waals surface area contributed by atoms with Crippen LogP contribution in [0.3, 0.4) is 0 Å². The van der Waals surface area contributed by atoms with Gasteiger partial charge in [-0.05, 0) is 61.4 Å². The first-order chi connectivity index (χ1) is 20.5. The van der Waals surface area contributed by atoms with Crippen molar-refractivity contribution in [2.45, 2.75) is 31.0 Å². The molecule has 6 rings (SSSR count). The maximum absolute atomic E-state index is 14.0. The van der Waals surface area contributed by atoms with E-state index in [1.165, 1.54) is 29.1 Å². The van der Waals surface area contributed by atoms with E-state index in [1.54, 1.807) is 28.1 Å². The number of carbonyl (C=O) groups is 2. The average Bonchev–Trinajstić information content (AvgIpc) is 3.56. The molecule has 2 fully saturated rings. The van der Waals surface area contributed by atoms with E-state index in [4.69, 9.17) is 11.6 Å². The van der Waals surface area contributed by atoms with Crippen LogP contribution in [0, 0.1) is 11.6 Å². The van der Waals surface area contributed by atoms with Crippen LogP contribution in [-0.4, -0.2) is 56.5 Å². The number of amides is 1. The minimum atomic E-state index is -4.59. The van der Waals surface area contributed by atoms with Crippen molar-refractivity contribution in [3.8, 4) is 16.9 Å². The van der Waals surface area contributed by atoms with Gasteiger partial charge in [0.25, 0.3) is 5.91 Å². The molecule has 0 N–H and O–H groups in total. The summed E-state index contributed by atoms with van der Waals surface area (Å²) in [4.78, 5) is 34.2. The number of likely N-dealkylation sites (tertiary alicyclic amines) is 1. The molecule has 0 unspecified atom stereocenters. The Morgan fingerprint density at radius 1 is 0.953 bits per heavy atom. The molecule has 13 heteroatoms. The Hall–Kier alpha value is -4.32. The van der Waals surface area contributed by atoms with Crippen LogP contribution in [0.1, 0.15) is 35.3 Å². The summed E-state index contributed by atoms with van der Waals surface area (Å²) in [5.74, 6) is -2.45. The highest BCUT2D eigenvalue weighted by Crippen LogP contribution is 2.40. The van der Waals surface area contributed by atoms with Gasteiger partial charge in [-0.15, -0.1) is 0 Å². The van der Waals surface area contributed by atoms with E-state index in [0.29, 0.717) is 23.5 Å². The Labute approximate surface area is 247 Å². The number of halogens is 6. The van der Waals surface area contributed by atoms with E-state index >= 15 is 0 Å². The number of nitrogens with zero attached hydrogens (tertiary/aromatic N) is 5. The smallest absolute Gasteiger partial charge is 0.358 e. The van der Waals surface area contributed by atoms with Gasteiger partial charge >= 0.3 is 6.18 Å². The van der Waals surface area contributed by atoms with E-state index < -0.39 is 34.8 Å². The second kappa shape index (κ2) is 10.7. The Morgan fingerprint density at radius 2 is 1.72 bits per heavy atom. The lowest BCUT2D eigenvalue weighted by Gasteiger charge is -2.44. The van der Waals surface area contributed by atoms with Crippen LogP contribution in [0.15, 0.2) is 67.0 Å². The topological polar surface area (TPSA) is 71.3 Å². The lowest BCUT2D eigenvalue weighted by atomic mass is 9.83. The first-order valence-corrected chi connectivity index (χ1v) is 13.8. The molecule has 0 saturated carbocycles. The van der Waals surface area contributed by atoms with E-state index in [9.17, 15) is 31.5 Å². The zero-order chi connectivity index (χ0) is 30.5. The van der Waals surface area contributed by atoms with Crippen LogP contribution < -0.4 is 4.90 Å². The molecule has 4 heterocycles. The predicted molar refractivity (Wildman–Crippen MR) is 148 cm³/mol. The number of alkyl halides is 3. The fourth-order valence-electron chi connectivity index (χ4n) is 5.87. The van der Waals surface area contributed by atoms with Gasteiger partial charge in [0.1, 0.15) is 5.54 Å². The van der Waals surface area contributed by atoms with Gasteiger partial charge in [-0.2, -0.15) is 18.3 Å². The van der Waals surface area contributed by atoms with Gasteiger partial charge in [-0.1, -0.05) is 11.6 Å². The van der Waals surface area contributed by atoms with Crippen LogP contribution in [0.25, 0.3) is 16.9 Å². The van der Waals surface area contributed by atoms with Gasteiger partial charge in [0.2, 0.25) is 0 Å². The quantitative estimate of drug-likeness (QED) is 0.251. The number of piperidine rings is 1. The van der Waals surface area contributed by atoms with Crippen molar-refractivity contribution in [2.75, 3.05) is 24.5 Å². The van der Waals surface area contributed by atoms with Crippen LogP contribution in [-0.2, 0) is 11.0 Å². The van der Waals surface area contributed by atoms with Gasteiger partial charge in [-0.3, -0.25) is 14.6 Å². The molecule has 43 heavy (non-hydrogen) atoms. The van der Waals surface area contributed by atoms with Crippen LogP contribution in [0.5, 0.6) is 0 Å². The fourth-order valence-corrected chi connectivity index (χ4v) is 6.13. The summed E-state index contributed by atoms with van der Waals surface area (Å²) in [6.45, 7) is 0.742. The standard InChI is InChI=1S/C30H23ClF5N5O2/c31-21-14-19(30(34,35)36)3-6-25(21)41-26(18-2-1-10-37-17-18)16-24(38-41)28(43)39-12-8-29(9-13-39)27(42)7-11-40(29)20-4-5-22(32)23(33)15-20/h1-6,10,14-17H,7-9,11-13H2. The molecule has 0 radical (unpaired) electrons. The average molecular weight is 616 g/mol. The Bertz CT molecular complexity index is 1720. The largest absolute Gasteiger partial charge is 0.416 e. The third-order valence-corrected chi connectivity index (χ3v) is 8.38. The van der Waals surface area contributed by atoms with E-state index in [1.807, 2.05) is 0 Å². The normalized spacial score (nSPS) is 16.7. The highest BCUT2D eigenvalue weighted by Gasteiger charge is 2.50. The summed E-state index contributed by atoms with van der Waals surface area (Å²) in [5.41, 5.74) is -0.352. The molecule has 0 aliphatic carbocycles. The van der Waals surface area contributed by atoms with Crippen LogP contribution >= 0.6 is 11.6 Å². The number of carbonyl (C=O) groups excluding carboxylic acids is 2. The number of benzene rings is 2. The van der Waals surface area contributed by atoms with Gasteiger partial charge in [0.05, 0.1) is 22.0 Å². The number of ketones is 1. The van der Waals surface area contributed by atoms with Crippen molar-refractivity contribution in [1.29, 1.82) is 0 Å². The summed E-state index contributed by atoms with van der Waals surface area (Å²) < 4.78 is 68.6. The highest BCUT2D eigenvalue weighted by atomic mass is 35.5. The highest BCUT2D eigenvalue weighted by molar-refractivity contribution is 6.32. The third kappa shape index (κ3) is 5.13. The maximum Gasteiger partial charge on any atom is 0.416 e. The minimum Gasteiger partial charge on any atom is -0.358 e. The minimum absolute atomic E-state index is 0.0237. The third-order valence-electron chi connectivity index (χ3n) is 8.08. The number of Topliss-reactive ketones (excluding diaryl/α,β-unsaturated/α-hetero) is 1. The maximum atomic E-state index is 14.0.